The zero-order valence-corrected chi connectivity index (χ0v) is 15.1. The molecule has 0 bridgehead atoms. The number of rotatable bonds is 2. The van der Waals surface area contributed by atoms with Crippen molar-refractivity contribution >= 4 is 11.5 Å². The predicted molar refractivity (Wildman–Crippen MR) is 102 cm³/mol. The molecular weight excluding hydrogens is 324 g/mol. The van der Waals surface area contributed by atoms with Crippen LogP contribution in [-0.4, -0.2) is 45.8 Å². The second-order valence-electron chi connectivity index (χ2n) is 7.70. The Morgan fingerprint density at radius 1 is 1.12 bits per heavy atom. The number of nitrogens with zero attached hydrogens (tertiary/aromatic N) is 5. The van der Waals surface area contributed by atoms with Crippen molar-refractivity contribution in [3.63, 3.8) is 0 Å². The van der Waals surface area contributed by atoms with Crippen LogP contribution in [0.3, 0.4) is 0 Å². The molecule has 6 nitrogen and oxygen atoms in total. The lowest BCUT2D eigenvalue weighted by atomic mass is 9.80. The van der Waals surface area contributed by atoms with E-state index in [2.05, 4.69) is 27.3 Å². The van der Waals surface area contributed by atoms with Crippen molar-refractivity contribution in [1.29, 1.82) is 0 Å². The summed E-state index contributed by atoms with van der Waals surface area (Å²) in [6, 6.07) is 8.24. The molecular formula is C20H24N6. The highest BCUT2D eigenvalue weighted by Crippen LogP contribution is 2.38. The van der Waals surface area contributed by atoms with Crippen LogP contribution in [0, 0.1) is 12.3 Å². The number of piperidine rings is 1. The summed E-state index contributed by atoms with van der Waals surface area (Å²) in [5.41, 5.74) is 4.47. The maximum atomic E-state index is 4.97. The van der Waals surface area contributed by atoms with Gasteiger partial charge in [0.1, 0.15) is 5.82 Å². The second-order valence-corrected chi connectivity index (χ2v) is 7.70. The van der Waals surface area contributed by atoms with E-state index in [-0.39, 0.29) is 0 Å². The molecule has 26 heavy (non-hydrogen) atoms. The Labute approximate surface area is 153 Å². The largest absolute Gasteiger partial charge is 0.355 e. The third-order valence-electron chi connectivity index (χ3n) is 5.91. The van der Waals surface area contributed by atoms with Crippen LogP contribution in [0.1, 0.15) is 25.0 Å². The molecule has 6 heteroatoms. The third-order valence-corrected chi connectivity index (χ3v) is 5.91. The van der Waals surface area contributed by atoms with Crippen molar-refractivity contribution in [1.82, 2.24) is 24.9 Å². The Balaban J connectivity index is 1.52. The molecule has 2 saturated heterocycles. The molecule has 0 saturated carbocycles. The molecule has 1 N–H and O–H groups in total. The Hall–Kier alpha value is -2.47. The van der Waals surface area contributed by atoms with E-state index in [1.807, 2.05) is 36.0 Å². The monoisotopic (exact) mass is 348 g/mol. The van der Waals surface area contributed by atoms with Crippen molar-refractivity contribution in [2.24, 2.45) is 5.41 Å². The van der Waals surface area contributed by atoms with Crippen LogP contribution in [0.25, 0.3) is 16.9 Å². The maximum absolute atomic E-state index is 4.97. The van der Waals surface area contributed by atoms with E-state index in [0.717, 1.165) is 54.6 Å². The van der Waals surface area contributed by atoms with Crippen molar-refractivity contribution < 1.29 is 0 Å². The lowest BCUT2D eigenvalue weighted by Gasteiger charge is -2.33. The zero-order chi connectivity index (χ0) is 17.6. The van der Waals surface area contributed by atoms with Crippen LogP contribution in [0.15, 0.2) is 36.7 Å². The first-order valence-electron chi connectivity index (χ1n) is 9.47. The van der Waals surface area contributed by atoms with E-state index in [0.29, 0.717) is 5.41 Å². The number of anilines is 1. The van der Waals surface area contributed by atoms with Gasteiger partial charge in [0.05, 0.1) is 11.4 Å². The number of pyridine rings is 1. The van der Waals surface area contributed by atoms with Crippen molar-refractivity contribution in [2.45, 2.75) is 26.2 Å². The van der Waals surface area contributed by atoms with E-state index < -0.39 is 0 Å². The van der Waals surface area contributed by atoms with Gasteiger partial charge >= 0.3 is 0 Å². The molecule has 1 unspecified atom stereocenters. The van der Waals surface area contributed by atoms with Crippen LogP contribution in [-0.2, 0) is 0 Å². The lowest BCUT2D eigenvalue weighted by molar-refractivity contribution is 0.239. The fourth-order valence-corrected chi connectivity index (χ4v) is 4.55. The first-order chi connectivity index (χ1) is 12.7. The summed E-state index contributed by atoms with van der Waals surface area (Å²) in [6.45, 7) is 6.52. The molecule has 0 radical (unpaired) electrons. The van der Waals surface area contributed by atoms with Gasteiger partial charge in [-0.3, -0.25) is 4.98 Å². The molecule has 2 fully saturated rings. The number of aryl methyl sites for hydroxylation is 1. The van der Waals surface area contributed by atoms with Gasteiger partial charge in [0.2, 0.25) is 0 Å². The zero-order valence-electron chi connectivity index (χ0n) is 15.1. The number of hydrogen-bond acceptors (Lipinski definition) is 5. The summed E-state index contributed by atoms with van der Waals surface area (Å²) in [5, 5.41) is 8.56. The number of hydrogen-bond donors (Lipinski definition) is 1. The summed E-state index contributed by atoms with van der Waals surface area (Å²) in [6.07, 6.45) is 7.49. The van der Waals surface area contributed by atoms with Gasteiger partial charge in [0, 0.05) is 43.0 Å². The van der Waals surface area contributed by atoms with Crippen LogP contribution in [0.2, 0.25) is 0 Å². The van der Waals surface area contributed by atoms with Gasteiger partial charge in [-0.25, -0.2) is 9.50 Å². The summed E-state index contributed by atoms with van der Waals surface area (Å²) in [5.74, 6) is 1.05. The van der Waals surface area contributed by atoms with E-state index in [1.54, 1.807) is 0 Å². The number of imidazole rings is 1. The summed E-state index contributed by atoms with van der Waals surface area (Å²) in [4.78, 5) is 11.3. The average molecular weight is 348 g/mol. The molecule has 134 valence electrons. The van der Waals surface area contributed by atoms with E-state index >= 15 is 0 Å². The van der Waals surface area contributed by atoms with Gasteiger partial charge < -0.3 is 10.2 Å². The minimum Gasteiger partial charge on any atom is -0.355 e. The van der Waals surface area contributed by atoms with Crippen LogP contribution >= 0.6 is 0 Å². The smallest absolute Gasteiger partial charge is 0.154 e. The Morgan fingerprint density at radius 3 is 2.81 bits per heavy atom. The molecule has 0 aliphatic carbocycles. The molecule has 0 amide bonds. The minimum absolute atomic E-state index is 0.424. The van der Waals surface area contributed by atoms with Crippen LogP contribution in [0.4, 0.5) is 5.82 Å². The fourth-order valence-electron chi connectivity index (χ4n) is 4.55. The van der Waals surface area contributed by atoms with Gasteiger partial charge in [0.15, 0.2) is 5.65 Å². The first-order valence-corrected chi connectivity index (χ1v) is 9.47. The highest BCUT2D eigenvalue weighted by atomic mass is 15.3. The summed E-state index contributed by atoms with van der Waals surface area (Å²) in [7, 11) is 0. The third kappa shape index (κ3) is 2.56. The standard InChI is InChI=1S/C20H24N6/c1-15-19(16-5-10-21-11-6-16)26-17(23-15)3-4-18(24-26)25-12-8-20(14-25)7-2-9-22-13-20/h3-6,10-11,22H,2,7-9,12-14H2,1H3. The minimum atomic E-state index is 0.424. The molecule has 2 aliphatic rings. The molecule has 3 aromatic rings. The van der Waals surface area contributed by atoms with Gasteiger partial charge in [0.25, 0.3) is 0 Å². The molecule has 1 atom stereocenters. The Kier molecular flexibility index (Phi) is 3.67. The van der Waals surface area contributed by atoms with Gasteiger partial charge in [-0.1, -0.05) is 0 Å². The summed E-state index contributed by atoms with van der Waals surface area (Å²) >= 11 is 0. The quantitative estimate of drug-likeness (QED) is 0.772. The van der Waals surface area contributed by atoms with E-state index in [4.69, 9.17) is 10.1 Å². The lowest BCUT2D eigenvalue weighted by Crippen LogP contribution is -2.42. The van der Waals surface area contributed by atoms with Gasteiger partial charge in [-0.2, -0.15) is 0 Å². The summed E-state index contributed by atoms with van der Waals surface area (Å²) < 4.78 is 1.99. The number of aromatic nitrogens is 4. The average Bonchev–Trinajstić information content (AvgIpc) is 3.23. The molecule has 5 heterocycles. The fraction of sp³-hybridized carbons (Fsp3) is 0.450. The maximum Gasteiger partial charge on any atom is 0.154 e. The first kappa shape index (κ1) is 15.8. The van der Waals surface area contributed by atoms with Crippen LogP contribution < -0.4 is 10.2 Å². The normalized spacial score (nSPS) is 23.2. The molecule has 1 spiro atoms. The van der Waals surface area contributed by atoms with Crippen LogP contribution in [0.5, 0.6) is 0 Å². The molecule has 2 aliphatic heterocycles. The number of nitrogens with one attached hydrogen (secondary N) is 1. The Morgan fingerprint density at radius 2 is 2.00 bits per heavy atom. The second kappa shape index (κ2) is 6.06. The van der Waals surface area contributed by atoms with Gasteiger partial charge in [-0.15, -0.1) is 5.10 Å². The molecule has 0 aromatic carbocycles. The Bertz CT molecular complexity index is 926. The highest BCUT2D eigenvalue weighted by Gasteiger charge is 2.39. The topological polar surface area (TPSA) is 58.4 Å². The SMILES string of the molecule is Cc1nc2ccc(N3CCC4(CCCNC4)C3)nn2c1-c1ccncc1. The predicted octanol–water partition coefficient (Wildman–Crippen LogP) is 2.68. The molecule has 3 aromatic heterocycles. The number of fused-ring (bicyclic) bond motifs is 1. The van der Waals surface area contributed by atoms with E-state index in [1.165, 1.54) is 19.3 Å². The van der Waals surface area contributed by atoms with Crippen molar-refractivity contribution in [3.05, 3.63) is 42.4 Å². The van der Waals surface area contributed by atoms with Gasteiger partial charge in [-0.05, 0) is 57.0 Å². The van der Waals surface area contributed by atoms with Crippen molar-refractivity contribution in [2.75, 3.05) is 31.1 Å². The van der Waals surface area contributed by atoms with Crippen molar-refractivity contribution in [3.8, 4) is 11.3 Å². The highest BCUT2D eigenvalue weighted by molar-refractivity contribution is 5.66. The molecule has 5 rings (SSSR count). The van der Waals surface area contributed by atoms with E-state index in [9.17, 15) is 0 Å².